The number of imidazole rings is 1. The highest BCUT2D eigenvalue weighted by Crippen LogP contribution is 2.27. The smallest absolute Gasteiger partial charge is 0.269 e. The van der Waals surface area contributed by atoms with E-state index in [-0.39, 0.29) is 10.6 Å². The minimum absolute atomic E-state index is 0.124. The van der Waals surface area contributed by atoms with E-state index >= 15 is 0 Å². The first-order valence-corrected chi connectivity index (χ1v) is 8.27. The van der Waals surface area contributed by atoms with Crippen LogP contribution in [0.2, 0.25) is 0 Å². The Morgan fingerprint density at radius 1 is 1.12 bits per heavy atom. The fraction of sp³-hybridized carbons (Fsp3) is 0.0556. The van der Waals surface area contributed by atoms with Gasteiger partial charge in [-0.05, 0) is 5.56 Å². The molecule has 0 bridgehead atoms. The number of thiazole rings is 1. The summed E-state index contributed by atoms with van der Waals surface area (Å²) in [7, 11) is 0. The Labute approximate surface area is 142 Å². The topological polar surface area (TPSA) is 60.4 Å². The highest BCUT2D eigenvalue weighted by molar-refractivity contribution is 7.17. The first-order valence-electron chi connectivity index (χ1n) is 7.45. The molecule has 4 aromatic rings. The number of nitrogens with zero attached hydrogens (tertiary/aromatic N) is 3. The van der Waals surface area contributed by atoms with Crippen LogP contribution in [-0.4, -0.2) is 14.3 Å². The van der Waals surface area contributed by atoms with Crippen LogP contribution in [0.25, 0.3) is 16.2 Å². The van der Waals surface area contributed by atoms with Crippen molar-refractivity contribution >= 4 is 22.0 Å². The molecule has 0 aliphatic rings. The fourth-order valence-corrected chi connectivity index (χ4v) is 3.70. The van der Waals surface area contributed by atoms with Gasteiger partial charge in [0.15, 0.2) is 4.96 Å². The molecule has 0 saturated carbocycles. The second-order valence-electron chi connectivity index (χ2n) is 5.46. The molecule has 5 nitrogen and oxygen atoms in total. The molecule has 118 valence electrons. The van der Waals surface area contributed by atoms with Crippen LogP contribution in [0.3, 0.4) is 0 Å². The van der Waals surface area contributed by atoms with Gasteiger partial charge in [0, 0.05) is 35.2 Å². The van der Waals surface area contributed by atoms with E-state index in [0.29, 0.717) is 6.42 Å². The van der Waals surface area contributed by atoms with Crippen molar-refractivity contribution in [3.8, 4) is 11.3 Å². The van der Waals surface area contributed by atoms with Gasteiger partial charge in [-0.25, -0.2) is 4.98 Å². The molecular formula is C18H13N3O2S. The van der Waals surface area contributed by atoms with E-state index < -0.39 is 0 Å². The largest absolute Gasteiger partial charge is 0.290 e. The molecule has 0 aliphatic heterocycles. The number of hydrogen-bond acceptors (Lipinski definition) is 4. The van der Waals surface area contributed by atoms with Crippen LogP contribution in [-0.2, 0) is 6.42 Å². The molecule has 0 amide bonds. The van der Waals surface area contributed by atoms with E-state index in [1.807, 2.05) is 30.5 Å². The SMILES string of the molecule is O=[N+]([O-])c1cccc(Cc2cn3c(-c4ccccc4)cnc3s2)c1. The average Bonchev–Trinajstić information content (AvgIpc) is 3.16. The predicted octanol–water partition coefficient (Wildman–Crippen LogP) is 4.56. The van der Waals surface area contributed by atoms with Gasteiger partial charge in [0.1, 0.15) is 0 Å². The normalized spacial score (nSPS) is 11.0. The van der Waals surface area contributed by atoms with Gasteiger partial charge in [-0.3, -0.25) is 14.5 Å². The Bertz CT molecular complexity index is 1020. The summed E-state index contributed by atoms with van der Waals surface area (Å²) in [5.41, 5.74) is 3.21. The number of nitro benzene ring substituents is 1. The zero-order valence-electron chi connectivity index (χ0n) is 12.6. The molecule has 24 heavy (non-hydrogen) atoms. The summed E-state index contributed by atoms with van der Waals surface area (Å²) in [6.45, 7) is 0. The maximum atomic E-state index is 10.9. The van der Waals surface area contributed by atoms with Crippen molar-refractivity contribution in [2.45, 2.75) is 6.42 Å². The monoisotopic (exact) mass is 335 g/mol. The first kappa shape index (κ1) is 14.6. The van der Waals surface area contributed by atoms with Crippen molar-refractivity contribution in [2.75, 3.05) is 0 Å². The summed E-state index contributed by atoms with van der Waals surface area (Å²) in [6, 6.07) is 16.9. The molecular weight excluding hydrogens is 322 g/mol. The zero-order chi connectivity index (χ0) is 16.5. The van der Waals surface area contributed by atoms with E-state index in [1.54, 1.807) is 23.5 Å². The number of nitro groups is 1. The Kier molecular flexibility index (Phi) is 3.59. The second kappa shape index (κ2) is 5.90. The van der Waals surface area contributed by atoms with Crippen LogP contribution >= 0.6 is 11.3 Å². The van der Waals surface area contributed by atoms with E-state index in [1.165, 1.54) is 6.07 Å². The van der Waals surface area contributed by atoms with E-state index in [0.717, 1.165) is 26.7 Å². The van der Waals surface area contributed by atoms with Crippen molar-refractivity contribution < 1.29 is 4.92 Å². The fourth-order valence-electron chi connectivity index (χ4n) is 2.72. The van der Waals surface area contributed by atoms with Crippen LogP contribution in [0.15, 0.2) is 67.0 Å². The van der Waals surface area contributed by atoms with Crippen LogP contribution < -0.4 is 0 Å². The van der Waals surface area contributed by atoms with Crippen LogP contribution in [0.1, 0.15) is 10.4 Å². The lowest BCUT2D eigenvalue weighted by Gasteiger charge is -1.99. The number of aromatic nitrogens is 2. The van der Waals surface area contributed by atoms with Crippen molar-refractivity contribution in [3.05, 3.63) is 87.5 Å². The third kappa shape index (κ3) is 2.68. The molecule has 2 aromatic heterocycles. The van der Waals surface area contributed by atoms with Gasteiger partial charge in [0.2, 0.25) is 0 Å². The number of hydrogen-bond donors (Lipinski definition) is 0. The van der Waals surface area contributed by atoms with Crippen LogP contribution in [0.5, 0.6) is 0 Å². The van der Waals surface area contributed by atoms with Crippen molar-refractivity contribution in [3.63, 3.8) is 0 Å². The summed E-state index contributed by atoms with van der Waals surface area (Å²) in [4.78, 5) is 17.1. The Morgan fingerprint density at radius 2 is 1.96 bits per heavy atom. The average molecular weight is 335 g/mol. The number of non-ortho nitro benzene ring substituents is 1. The minimum atomic E-state index is -0.363. The van der Waals surface area contributed by atoms with Crippen molar-refractivity contribution in [2.24, 2.45) is 0 Å². The number of fused-ring (bicyclic) bond motifs is 1. The number of benzene rings is 2. The van der Waals surface area contributed by atoms with Gasteiger partial charge in [-0.15, -0.1) is 11.3 Å². The Morgan fingerprint density at radius 3 is 2.75 bits per heavy atom. The van der Waals surface area contributed by atoms with Gasteiger partial charge in [-0.1, -0.05) is 42.5 Å². The molecule has 0 fully saturated rings. The molecule has 6 heteroatoms. The maximum absolute atomic E-state index is 10.9. The highest BCUT2D eigenvalue weighted by atomic mass is 32.1. The van der Waals surface area contributed by atoms with Gasteiger partial charge < -0.3 is 0 Å². The lowest BCUT2D eigenvalue weighted by molar-refractivity contribution is -0.384. The van der Waals surface area contributed by atoms with Gasteiger partial charge in [-0.2, -0.15) is 0 Å². The summed E-state index contributed by atoms with van der Waals surface area (Å²) in [5, 5.41) is 10.9. The quantitative estimate of drug-likeness (QED) is 0.406. The highest BCUT2D eigenvalue weighted by Gasteiger charge is 2.11. The summed E-state index contributed by atoms with van der Waals surface area (Å²) >= 11 is 1.60. The van der Waals surface area contributed by atoms with Crippen molar-refractivity contribution in [1.29, 1.82) is 0 Å². The van der Waals surface area contributed by atoms with Crippen LogP contribution in [0.4, 0.5) is 5.69 Å². The third-order valence-corrected chi connectivity index (χ3v) is 4.82. The summed E-state index contributed by atoms with van der Waals surface area (Å²) in [6.07, 6.45) is 4.59. The Balaban J connectivity index is 1.68. The molecule has 0 unspecified atom stereocenters. The van der Waals surface area contributed by atoms with E-state index in [4.69, 9.17) is 0 Å². The molecule has 0 N–H and O–H groups in total. The lowest BCUT2D eigenvalue weighted by Crippen LogP contribution is -1.91. The molecule has 0 aliphatic carbocycles. The maximum Gasteiger partial charge on any atom is 0.269 e. The van der Waals surface area contributed by atoms with Crippen molar-refractivity contribution in [1.82, 2.24) is 9.38 Å². The Hall–Kier alpha value is -2.99. The van der Waals surface area contributed by atoms with E-state index in [9.17, 15) is 10.1 Å². The van der Waals surface area contributed by atoms with Gasteiger partial charge in [0.05, 0.1) is 16.8 Å². The molecule has 0 atom stereocenters. The third-order valence-electron chi connectivity index (χ3n) is 3.83. The molecule has 0 radical (unpaired) electrons. The lowest BCUT2D eigenvalue weighted by atomic mass is 10.1. The second-order valence-corrected chi connectivity index (χ2v) is 6.56. The molecule has 0 spiro atoms. The molecule has 2 heterocycles. The van der Waals surface area contributed by atoms with Crippen LogP contribution in [0, 0.1) is 10.1 Å². The predicted molar refractivity (Wildman–Crippen MR) is 94.4 cm³/mol. The van der Waals surface area contributed by atoms with Gasteiger partial charge >= 0.3 is 0 Å². The first-order chi connectivity index (χ1) is 11.7. The minimum Gasteiger partial charge on any atom is -0.290 e. The van der Waals surface area contributed by atoms with E-state index in [2.05, 4.69) is 27.7 Å². The summed E-state index contributed by atoms with van der Waals surface area (Å²) in [5.74, 6) is 0. The molecule has 4 rings (SSSR count). The number of rotatable bonds is 4. The molecule has 0 saturated heterocycles. The summed E-state index contributed by atoms with van der Waals surface area (Å²) < 4.78 is 2.08. The molecule has 2 aromatic carbocycles. The zero-order valence-corrected chi connectivity index (χ0v) is 13.4. The standard InChI is InChI=1S/C18H13N3O2S/c22-21(23)15-8-4-5-13(9-15)10-16-12-20-17(11-19-18(20)24-16)14-6-2-1-3-7-14/h1-9,11-12H,10H2. The van der Waals surface area contributed by atoms with Gasteiger partial charge in [0.25, 0.3) is 5.69 Å².